The van der Waals surface area contributed by atoms with Gasteiger partial charge in [-0.25, -0.2) is 4.39 Å². The Morgan fingerprint density at radius 2 is 1.24 bits per heavy atom. The summed E-state index contributed by atoms with van der Waals surface area (Å²) >= 11 is 0. The van der Waals surface area contributed by atoms with Crippen LogP contribution in [0.25, 0.3) is 21.5 Å². The minimum Gasteiger partial charge on any atom is -0.379 e. The largest absolute Gasteiger partial charge is 0.379 e. The van der Waals surface area contributed by atoms with Crippen molar-refractivity contribution in [1.82, 2.24) is 0 Å². The van der Waals surface area contributed by atoms with Gasteiger partial charge in [0.25, 0.3) is 0 Å². The van der Waals surface area contributed by atoms with E-state index in [1.54, 1.807) is 48.5 Å². The fourth-order valence-corrected chi connectivity index (χ4v) is 7.32. The first-order valence-corrected chi connectivity index (χ1v) is 15.3. The molecule has 0 aliphatic carbocycles. The lowest BCUT2D eigenvalue weighted by Gasteiger charge is -2.56. The van der Waals surface area contributed by atoms with Crippen LogP contribution in [-0.2, 0) is 25.6 Å². The van der Waals surface area contributed by atoms with E-state index in [1.165, 1.54) is 26.4 Å². The monoisotopic (exact) mass is 614 g/mol. The highest BCUT2D eigenvalue weighted by molar-refractivity contribution is 6.00. The molecule has 6 aromatic rings. The highest BCUT2D eigenvalue weighted by Crippen LogP contribution is 2.53. The van der Waals surface area contributed by atoms with E-state index in [0.717, 1.165) is 32.7 Å². The van der Waals surface area contributed by atoms with Crippen molar-refractivity contribution < 1.29 is 28.8 Å². The molecule has 0 radical (unpaired) electrons. The third-order valence-electron chi connectivity index (χ3n) is 9.39. The normalized spacial score (nSPS) is 25.5. The maximum atomic E-state index is 14.4. The quantitative estimate of drug-likeness (QED) is 0.183. The third-order valence-corrected chi connectivity index (χ3v) is 9.39. The molecule has 1 saturated heterocycles. The molecule has 1 aliphatic heterocycles. The van der Waals surface area contributed by atoms with Crippen molar-refractivity contribution in [1.29, 1.82) is 0 Å². The summed E-state index contributed by atoms with van der Waals surface area (Å²) in [6.07, 6.45) is -3.33. The second kappa shape index (κ2) is 12.1. The molecular formula is C40H35FO5. The van der Waals surface area contributed by atoms with E-state index in [4.69, 9.17) is 14.2 Å². The van der Waals surface area contributed by atoms with Crippen LogP contribution in [0, 0.1) is 5.82 Å². The number of aliphatic hydroxyl groups is 2. The molecule has 1 fully saturated rings. The van der Waals surface area contributed by atoms with Crippen molar-refractivity contribution in [2.45, 2.75) is 35.6 Å². The van der Waals surface area contributed by atoms with Crippen molar-refractivity contribution in [3.63, 3.8) is 0 Å². The molecule has 1 heterocycles. The first-order valence-electron chi connectivity index (χ1n) is 15.3. The van der Waals surface area contributed by atoms with Crippen molar-refractivity contribution in [2.24, 2.45) is 0 Å². The average molecular weight is 615 g/mol. The number of fused-ring (bicyclic) bond motifs is 2. The average Bonchev–Trinajstić information content (AvgIpc) is 3.09. The van der Waals surface area contributed by atoms with E-state index >= 15 is 0 Å². The van der Waals surface area contributed by atoms with Crippen LogP contribution >= 0.6 is 0 Å². The summed E-state index contributed by atoms with van der Waals surface area (Å²) in [5.74, 6) is -3.12. The van der Waals surface area contributed by atoms with Crippen molar-refractivity contribution in [2.75, 3.05) is 14.2 Å². The fourth-order valence-electron chi connectivity index (χ4n) is 7.32. The summed E-state index contributed by atoms with van der Waals surface area (Å²) < 4.78 is 33.5. The molecule has 1 aliphatic rings. The molecule has 5 nitrogen and oxygen atoms in total. The number of rotatable bonds is 7. The third kappa shape index (κ3) is 4.90. The molecule has 46 heavy (non-hydrogen) atoms. The Morgan fingerprint density at radius 1 is 0.652 bits per heavy atom. The van der Waals surface area contributed by atoms with E-state index in [9.17, 15) is 14.6 Å². The predicted octanol–water partition coefficient (Wildman–Crippen LogP) is 7.43. The van der Waals surface area contributed by atoms with Gasteiger partial charge in [0.15, 0.2) is 6.10 Å². The van der Waals surface area contributed by atoms with E-state index in [0.29, 0.717) is 11.1 Å². The van der Waals surface area contributed by atoms with Crippen LogP contribution in [0.4, 0.5) is 4.39 Å². The second-order valence-corrected chi connectivity index (χ2v) is 11.9. The molecule has 0 spiro atoms. The number of hydrogen-bond acceptors (Lipinski definition) is 5. The van der Waals surface area contributed by atoms with Crippen LogP contribution in [0.1, 0.15) is 28.2 Å². The lowest BCUT2D eigenvalue weighted by molar-refractivity contribution is -0.393. The summed E-state index contributed by atoms with van der Waals surface area (Å²) in [4.78, 5) is 0. The Labute approximate surface area is 267 Å². The highest BCUT2D eigenvalue weighted by Gasteiger charge is 2.65. The van der Waals surface area contributed by atoms with Gasteiger partial charge in [-0.2, -0.15) is 0 Å². The molecule has 232 valence electrons. The van der Waals surface area contributed by atoms with Gasteiger partial charge in [0.1, 0.15) is 23.6 Å². The van der Waals surface area contributed by atoms with Crippen LogP contribution in [-0.4, -0.2) is 42.7 Å². The molecule has 6 atom stereocenters. The van der Waals surface area contributed by atoms with Gasteiger partial charge in [0, 0.05) is 25.7 Å². The Hall–Kier alpha value is -4.43. The maximum absolute atomic E-state index is 14.4. The zero-order valence-electron chi connectivity index (χ0n) is 25.6. The Morgan fingerprint density at radius 3 is 1.87 bits per heavy atom. The van der Waals surface area contributed by atoms with E-state index in [1.807, 2.05) is 48.5 Å². The molecule has 0 bridgehead atoms. The van der Waals surface area contributed by atoms with E-state index in [2.05, 4.69) is 30.3 Å². The Bertz CT molecular complexity index is 1970. The van der Waals surface area contributed by atoms with Gasteiger partial charge >= 0.3 is 0 Å². The van der Waals surface area contributed by atoms with Crippen LogP contribution < -0.4 is 0 Å². The van der Waals surface area contributed by atoms with Gasteiger partial charge in [-0.1, -0.05) is 115 Å². The van der Waals surface area contributed by atoms with Crippen molar-refractivity contribution >= 4 is 21.5 Å². The molecule has 1 unspecified atom stereocenters. The van der Waals surface area contributed by atoms with Gasteiger partial charge in [-0.15, -0.1) is 0 Å². The fraction of sp³-hybridized carbons (Fsp3) is 0.200. The van der Waals surface area contributed by atoms with Crippen molar-refractivity contribution in [3.8, 4) is 0 Å². The zero-order valence-corrected chi connectivity index (χ0v) is 25.6. The standard InChI is InChI=1S/C40H35FO5/c1-44-37-36(46-40(43,31-17-7-4-8-18-31)38(45-2)39(37,42)30-15-5-3-6-16-30)35(26-20-22-32(41)23-21-26)33-19-11-14-29-24-27-12-9-10-13-28(27)25-34(29)33/h3-25,35-38,42-43H,1-2H3/t35?,36-,37-,38+,39-,40+/m1/s1. The van der Waals surface area contributed by atoms with Gasteiger partial charge in [0.2, 0.25) is 5.79 Å². The van der Waals surface area contributed by atoms with Gasteiger partial charge in [0.05, 0.1) is 0 Å². The minimum atomic E-state index is -2.12. The lowest BCUT2D eigenvalue weighted by Crippen LogP contribution is -2.70. The molecular weight excluding hydrogens is 579 g/mol. The Balaban J connectivity index is 1.53. The summed E-state index contributed by atoms with van der Waals surface area (Å²) in [5.41, 5.74) is 0.628. The van der Waals surface area contributed by atoms with Gasteiger partial charge in [-0.05, 0) is 62.5 Å². The topological polar surface area (TPSA) is 68.2 Å². The van der Waals surface area contributed by atoms with Gasteiger partial charge < -0.3 is 24.4 Å². The second-order valence-electron chi connectivity index (χ2n) is 11.9. The number of hydrogen-bond donors (Lipinski definition) is 2. The van der Waals surface area contributed by atoms with Crippen LogP contribution in [0.3, 0.4) is 0 Å². The number of ether oxygens (including phenoxy) is 3. The summed E-state index contributed by atoms with van der Waals surface area (Å²) in [7, 11) is 2.96. The number of benzene rings is 6. The Kier molecular flexibility index (Phi) is 7.93. The summed E-state index contributed by atoms with van der Waals surface area (Å²) in [6, 6.07) is 42.8. The highest BCUT2D eigenvalue weighted by atomic mass is 19.1. The molecule has 0 amide bonds. The number of halogens is 1. The van der Waals surface area contributed by atoms with E-state index in [-0.39, 0.29) is 5.82 Å². The smallest absolute Gasteiger partial charge is 0.223 e. The summed E-state index contributed by atoms with van der Waals surface area (Å²) in [5, 5.41) is 29.9. The summed E-state index contributed by atoms with van der Waals surface area (Å²) in [6.45, 7) is 0. The predicted molar refractivity (Wildman–Crippen MR) is 177 cm³/mol. The zero-order chi connectivity index (χ0) is 31.9. The molecule has 0 saturated carbocycles. The molecule has 6 heteroatoms. The molecule has 0 aromatic heterocycles. The van der Waals surface area contributed by atoms with E-state index < -0.39 is 35.6 Å². The SMILES string of the molecule is CO[C@@H]1[C@@H](C(c2ccc(F)cc2)c2cccc3cc4ccccc4cc23)O[C@@](O)(c2ccccc2)[C@@H](OC)[C@@]1(O)c1ccccc1. The van der Waals surface area contributed by atoms with Crippen LogP contribution in [0.15, 0.2) is 140 Å². The van der Waals surface area contributed by atoms with Gasteiger partial charge in [-0.3, -0.25) is 0 Å². The first kappa shape index (κ1) is 30.2. The first-order chi connectivity index (χ1) is 22.4. The molecule has 2 N–H and O–H groups in total. The lowest BCUT2D eigenvalue weighted by atomic mass is 9.69. The molecule has 6 aromatic carbocycles. The number of methoxy groups -OCH3 is 2. The molecule has 7 rings (SSSR count). The minimum absolute atomic E-state index is 0.375. The van der Waals surface area contributed by atoms with Crippen molar-refractivity contribution in [3.05, 3.63) is 168 Å². The van der Waals surface area contributed by atoms with Crippen LogP contribution in [0.2, 0.25) is 0 Å². The van der Waals surface area contributed by atoms with Crippen LogP contribution in [0.5, 0.6) is 0 Å². The maximum Gasteiger partial charge on any atom is 0.223 e.